The molecule has 3 N–H and O–H groups in total. The van der Waals surface area contributed by atoms with Crippen molar-refractivity contribution < 1.29 is 4.79 Å². The lowest BCUT2D eigenvalue weighted by Crippen LogP contribution is -2.54. The molecule has 1 amide bonds. The fourth-order valence-corrected chi connectivity index (χ4v) is 3.08. The van der Waals surface area contributed by atoms with Crippen molar-refractivity contribution in [2.24, 2.45) is 17.6 Å². The van der Waals surface area contributed by atoms with Crippen LogP contribution in [0.4, 0.5) is 5.69 Å². The molecule has 19 heavy (non-hydrogen) atoms. The van der Waals surface area contributed by atoms with Crippen LogP contribution in [0.25, 0.3) is 0 Å². The van der Waals surface area contributed by atoms with Crippen LogP contribution < -0.4 is 11.1 Å². The molecule has 3 atom stereocenters. The minimum absolute atomic E-state index is 0.242. The molecule has 1 aliphatic carbocycles. The van der Waals surface area contributed by atoms with Gasteiger partial charge in [0.05, 0.1) is 0 Å². The van der Waals surface area contributed by atoms with Gasteiger partial charge in [-0.25, -0.2) is 0 Å². The van der Waals surface area contributed by atoms with Crippen LogP contribution in [0.5, 0.6) is 0 Å². The van der Waals surface area contributed by atoms with Crippen molar-refractivity contribution in [3.05, 3.63) is 28.7 Å². The van der Waals surface area contributed by atoms with Gasteiger partial charge in [-0.2, -0.15) is 0 Å². The zero-order valence-electron chi connectivity index (χ0n) is 11.4. The number of carbonyl (C=O) groups is 1. The molecule has 0 bridgehead atoms. The molecule has 1 aromatic carbocycles. The van der Waals surface area contributed by atoms with E-state index in [4.69, 9.17) is 5.73 Å². The summed E-state index contributed by atoms with van der Waals surface area (Å²) in [4.78, 5) is 12.0. The van der Waals surface area contributed by atoms with Gasteiger partial charge in [-0.1, -0.05) is 29.8 Å². The van der Waals surface area contributed by atoms with Crippen molar-refractivity contribution >= 4 is 27.5 Å². The first kappa shape index (κ1) is 14.4. The van der Waals surface area contributed by atoms with E-state index in [1.54, 1.807) is 0 Å². The van der Waals surface area contributed by atoms with Gasteiger partial charge >= 0.3 is 0 Å². The molecule has 4 heteroatoms. The predicted octanol–water partition coefficient (Wildman–Crippen LogP) is 3.54. The molecule has 1 fully saturated rings. The number of anilines is 1. The molecular formula is C15H21BrN2O. The monoisotopic (exact) mass is 324 g/mol. The summed E-state index contributed by atoms with van der Waals surface area (Å²) in [6.07, 6.45) is 2.65. The number of nitrogens with two attached hydrogens (primary N) is 1. The summed E-state index contributed by atoms with van der Waals surface area (Å²) in [6.45, 7) is 4.44. The maximum Gasteiger partial charge on any atom is 0.243 e. The van der Waals surface area contributed by atoms with Gasteiger partial charge in [0.25, 0.3) is 0 Å². The maximum atomic E-state index is 12.0. The fraction of sp³-hybridized carbons (Fsp3) is 0.533. The molecule has 1 aromatic rings. The molecule has 1 aliphatic rings. The van der Waals surface area contributed by atoms with Gasteiger partial charge < -0.3 is 11.1 Å². The number of halogens is 1. The van der Waals surface area contributed by atoms with E-state index in [2.05, 4.69) is 35.1 Å². The van der Waals surface area contributed by atoms with Crippen molar-refractivity contribution in [1.82, 2.24) is 0 Å². The van der Waals surface area contributed by atoms with Crippen LogP contribution in [0, 0.1) is 11.8 Å². The Bertz CT molecular complexity index is 460. The third kappa shape index (κ3) is 3.11. The van der Waals surface area contributed by atoms with Crippen molar-refractivity contribution in [3.63, 3.8) is 0 Å². The smallest absolute Gasteiger partial charge is 0.243 e. The predicted molar refractivity (Wildman–Crippen MR) is 81.9 cm³/mol. The molecule has 0 aliphatic heterocycles. The Labute approximate surface area is 123 Å². The van der Waals surface area contributed by atoms with Gasteiger partial charge in [-0.05, 0) is 55.4 Å². The Hall–Kier alpha value is -1.03. The highest BCUT2D eigenvalue weighted by Crippen LogP contribution is 2.38. The summed E-state index contributed by atoms with van der Waals surface area (Å²) in [5, 5.41) is 3.38. The van der Waals surface area contributed by atoms with E-state index < -0.39 is 5.54 Å². The normalized spacial score (nSPS) is 30.9. The molecular weight excluding hydrogens is 304 g/mol. The Morgan fingerprint density at radius 2 is 1.95 bits per heavy atom. The van der Waals surface area contributed by atoms with E-state index >= 15 is 0 Å². The molecule has 3 nitrogen and oxygen atoms in total. The van der Waals surface area contributed by atoms with Crippen LogP contribution in [0.1, 0.15) is 33.1 Å². The quantitative estimate of drug-likeness (QED) is 0.893. The third-order valence-electron chi connectivity index (χ3n) is 4.37. The largest absolute Gasteiger partial charge is 0.371 e. The highest BCUT2D eigenvalue weighted by Gasteiger charge is 2.42. The minimum Gasteiger partial charge on any atom is -0.371 e. The minimum atomic E-state index is -0.597. The number of primary amides is 1. The summed E-state index contributed by atoms with van der Waals surface area (Å²) in [5.41, 5.74) is 6.03. The van der Waals surface area contributed by atoms with Gasteiger partial charge in [0.15, 0.2) is 0 Å². The van der Waals surface area contributed by atoms with Gasteiger partial charge in [0.2, 0.25) is 5.91 Å². The number of rotatable bonds is 3. The summed E-state index contributed by atoms with van der Waals surface area (Å²) >= 11 is 3.41. The third-order valence-corrected chi connectivity index (χ3v) is 4.90. The van der Waals surface area contributed by atoms with Crippen LogP contribution in [-0.4, -0.2) is 11.4 Å². The number of amides is 1. The first-order valence-corrected chi connectivity index (χ1v) is 7.56. The average molecular weight is 325 g/mol. The van der Waals surface area contributed by atoms with Gasteiger partial charge in [0.1, 0.15) is 5.54 Å². The van der Waals surface area contributed by atoms with E-state index in [0.29, 0.717) is 11.8 Å². The highest BCUT2D eigenvalue weighted by atomic mass is 79.9. The number of hydrogen-bond donors (Lipinski definition) is 2. The van der Waals surface area contributed by atoms with Crippen molar-refractivity contribution in [1.29, 1.82) is 0 Å². The second kappa shape index (κ2) is 5.53. The van der Waals surface area contributed by atoms with Gasteiger partial charge in [-0.3, -0.25) is 4.79 Å². The Morgan fingerprint density at radius 1 is 1.32 bits per heavy atom. The molecule has 0 radical (unpaired) electrons. The summed E-state index contributed by atoms with van der Waals surface area (Å²) < 4.78 is 1.02. The van der Waals surface area contributed by atoms with E-state index in [1.165, 1.54) is 0 Å². The van der Waals surface area contributed by atoms with Crippen molar-refractivity contribution in [3.8, 4) is 0 Å². The van der Waals surface area contributed by atoms with Crippen molar-refractivity contribution in [2.75, 3.05) is 5.32 Å². The zero-order valence-corrected chi connectivity index (χ0v) is 13.0. The lowest BCUT2D eigenvalue weighted by molar-refractivity contribution is -0.124. The molecule has 2 rings (SSSR count). The van der Waals surface area contributed by atoms with Crippen molar-refractivity contribution in [2.45, 2.75) is 38.6 Å². The van der Waals surface area contributed by atoms with Crippen LogP contribution in [0.3, 0.4) is 0 Å². The number of carbonyl (C=O) groups excluding carboxylic acids is 1. The summed E-state index contributed by atoms with van der Waals surface area (Å²) in [7, 11) is 0. The molecule has 0 saturated heterocycles. The molecule has 3 unspecified atom stereocenters. The fourth-order valence-electron chi connectivity index (χ4n) is 2.82. The van der Waals surface area contributed by atoms with Crippen LogP contribution in [0.2, 0.25) is 0 Å². The molecule has 0 heterocycles. The van der Waals surface area contributed by atoms with Gasteiger partial charge in [0, 0.05) is 10.2 Å². The van der Waals surface area contributed by atoms with Crippen LogP contribution in [-0.2, 0) is 4.79 Å². The highest BCUT2D eigenvalue weighted by molar-refractivity contribution is 9.10. The zero-order chi connectivity index (χ0) is 14.0. The van der Waals surface area contributed by atoms with Gasteiger partial charge in [-0.15, -0.1) is 0 Å². The molecule has 104 valence electrons. The molecule has 0 aromatic heterocycles. The second-order valence-electron chi connectivity index (χ2n) is 5.78. The average Bonchev–Trinajstić information content (AvgIpc) is 2.37. The standard InChI is InChI=1S/C15H21BrN2O/c1-10-7-8-15(14(17)19,9-11(10)2)18-13-5-3-12(16)4-6-13/h3-6,10-11,18H,7-9H2,1-2H3,(H2,17,19). The topological polar surface area (TPSA) is 55.1 Å². The summed E-state index contributed by atoms with van der Waals surface area (Å²) in [6, 6.07) is 7.87. The Kier molecular flexibility index (Phi) is 4.19. The van der Waals surface area contributed by atoms with E-state index in [1.807, 2.05) is 24.3 Å². The lowest BCUT2D eigenvalue weighted by atomic mass is 9.70. The number of benzene rings is 1. The maximum absolute atomic E-state index is 12.0. The first-order chi connectivity index (χ1) is 8.93. The van der Waals surface area contributed by atoms with E-state index in [-0.39, 0.29) is 5.91 Å². The van der Waals surface area contributed by atoms with Crippen LogP contribution >= 0.6 is 15.9 Å². The number of hydrogen-bond acceptors (Lipinski definition) is 2. The molecule has 1 saturated carbocycles. The Morgan fingerprint density at radius 3 is 2.47 bits per heavy atom. The van der Waals surface area contributed by atoms with E-state index in [9.17, 15) is 4.79 Å². The first-order valence-electron chi connectivity index (χ1n) is 6.76. The number of nitrogens with one attached hydrogen (secondary N) is 1. The van der Waals surface area contributed by atoms with Crippen LogP contribution in [0.15, 0.2) is 28.7 Å². The summed E-state index contributed by atoms with van der Waals surface area (Å²) in [5.74, 6) is 0.914. The molecule has 0 spiro atoms. The van der Waals surface area contributed by atoms with E-state index in [0.717, 1.165) is 29.4 Å². The Balaban J connectivity index is 2.21. The lowest BCUT2D eigenvalue weighted by Gasteiger charge is -2.41. The second-order valence-corrected chi connectivity index (χ2v) is 6.69. The SMILES string of the molecule is CC1CCC(Nc2ccc(Br)cc2)(C(N)=O)CC1C.